The Morgan fingerprint density at radius 3 is 1.54 bits per heavy atom. The van der Waals surface area contributed by atoms with E-state index < -0.39 is 0 Å². The summed E-state index contributed by atoms with van der Waals surface area (Å²) in [6.07, 6.45) is 0. The van der Waals surface area contributed by atoms with E-state index in [4.69, 9.17) is 0 Å². The molecule has 0 bridgehead atoms. The van der Waals surface area contributed by atoms with E-state index in [1.54, 1.807) is 0 Å². The molecule has 10 rings (SSSR count). The van der Waals surface area contributed by atoms with Crippen molar-refractivity contribution in [3.8, 4) is 55.6 Å². The molecule has 9 aromatic carbocycles. The average Bonchev–Trinajstić information content (AvgIpc) is 3.49. The predicted octanol–water partition coefficient (Wildman–Crippen LogP) is 15.6. The zero-order chi connectivity index (χ0) is 38.5. The van der Waals surface area contributed by atoms with E-state index in [9.17, 15) is 0 Å². The normalized spacial score (nSPS) is 12.6. The molecule has 0 fully saturated rings. The Balaban J connectivity index is 1.20. The highest BCUT2D eigenvalue weighted by atomic mass is 15.1. The van der Waals surface area contributed by atoms with Crippen molar-refractivity contribution in [2.24, 2.45) is 0 Å². The van der Waals surface area contributed by atoms with Gasteiger partial charge in [-0.25, -0.2) is 0 Å². The quantitative estimate of drug-likeness (QED) is 0.158. The summed E-state index contributed by atoms with van der Waals surface area (Å²) in [5.74, 6) is 0. The number of rotatable bonds is 7. The summed E-state index contributed by atoms with van der Waals surface area (Å²) in [7, 11) is 0. The van der Waals surface area contributed by atoms with Crippen LogP contribution in [-0.4, -0.2) is 0 Å². The van der Waals surface area contributed by atoms with E-state index in [0.29, 0.717) is 0 Å². The van der Waals surface area contributed by atoms with Gasteiger partial charge >= 0.3 is 0 Å². The first-order chi connectivity index (χ1) is 28.0. The molecule has 0 saturated heterocycles. The van der Waals surface area contributed by atoms with Crippen molar-refractivity contribution >= 4 is 27.8 Å². The fraction of sp³-hybridized carbons (Fsp3) is 0.0714. The van der Waals surface area contributed by atoms with Gasteiger partial charge in [0.2, 0.25) is 0 Å². The van der Waals surface area contributed by atoms with Crippen LogP contribution in [0.1, 0.15) is 30.5 Å². The van der Waals surface area contributed by atoms with Crippen LogP contribution in [0.15, 0.2) is 206 Å². The van der Waals surface area contributed by atoms with Crippen LogP contribution in [0.25, 0.3) is 66.4 Å². The number of hydrogen-bond acceptors (Lipinski definition) is 1. The van der Waals surface area contributed by atoms with Gasteiger partial charge in [0.15, 0.2) is 0 Å². The Bertz CT molecular complexity index is 2860. The molecule has 0 amide bonds. The number of aryl methyl sites for hydroxylation is 1. The van der Waals surface area contributed by atoms with Crippen LogP contribution < -0.4 is 4.90 Å². The second kappa shape index (κ2) is 14.0. The van der Waals surface area contributed by atoms with Gasteiger partial charge in [0.1, 0.15) is 0 Å². The van der Waals surface area contributed by atoms with Gasteiger partial charge in [0.05, 0.1) is 5.69 Å². The molecule has 1 aliphatic carbocycles. The fourth-order valence-electron chi connectivity index (χ4n) is 9.12. The van der Waals surface area contributed by atoms with Crippen LogP contribution in [0.2, 0.25) is 0 Å². The molecule has 272 valence electrons. The van der Waals surface area contributed by atoms with Gasteiger partial charge in [0.25, 0.3) is 0 Å². The summed E-state index contributed by atoms with van der Waals surface area (Å²) in [5.41, 5.74) is 19.6. The summed E-state index contributed by atoms with van der Waals surface area (Å²) in [4.78, 5) is 2.48. The molecule has 0 saturated carbocycles. The average molecular weight is 730 g/mol. The van der Waals surface area contributed by atoms with Gasteiger partial charge in [-0.3, -0.25) is 0 Å². The van der Waals surface area contributed by atoms with E-state index in [-0.39, 0.29) is 5.41 Å². The molecule has 0 radical (unpaired) electrons. The Morgan fingerprint density at radius 1 is 0.351 bits per heavy atom. The first kappa shape index (κ1) is 34.5. The lowest BCUT2D eigenvalue weighted by atomic mass is 9.82. The second-order valence-electron chi connectivity index (χ2n) is 15.8. The van der Waals surface area contributed by atoms with Gasteiger partial charge in [-0.05, 0) is 121 Å². The highest BCUT2D eigenvalue weighted by molar-refractivity contribution is 6.00. The third-order valence-corrected chi connectivity index (χ3v) is 12.0. The highest BCUT2D eigenvalue weighted by Gasteiger charge is 2.36. The van der Waals surface area contributed by atoms with E-state index in [1.165, 1.54) is 83.1 Å². The predicted molar refractivity (Wildman–Crippen MR) is 243 cm³/mol. The number of hydrogen-bond donors (Lipinski definition) is 0. The minimum Gasteiger partial charge on any atom is -0.310 e. The molecule has 0 aromatic heterocycles. The Labute approximate surface area is 336 Å². The molecule has 1 aliphatic rings. The maximum atomic E-state index is 2.48. The highest BCUT2D eigenvalue weighted by Crippen LogP contribution is 2.52. The van der Waals surface area contributed by atoms with Crippen molar-refractivity contribution in [3.63, 3.8) is 0 Å². The number of fused-ring (bicyclic) bond motifs is 4. The van der Waals surface area contributed by atoms with Gasteiger partial charge in [-0.2, -0.15) is 0 Å². The fourth-order valence-corrected chi connectivity index (χ4v) is 9.12. The molecule has 0 spiro atoms. The van der Waals surface area contributed by atoms with Gasteiger partial charge in [0, 0.05) is 22.4 Å². The van der Waals surface area contributed by atoms with Crippen molar-refractivity contribution in [1.82, 2.24) is 0 Å². The van der Waals surface area contributed by atoms with E-state index in [1.807, 2.05) is 0 Å². The Morgan fingerprint density at radius 2 is 0.877 bits per heavy atom. The monoisotopic (exact) mass is 729 g/mol. The summed E-state index contributed by atoms with van der Waals surface area (Å²) >= 11 is 0. The molecule has 57 heavy (non-hydrogen) atoms. The number of benzene rings is 9. The Hall–Kier alpha value is -6.96. The zero-order valence-electron chi connectivity index (χ0n) is 32.6. The summed E-state index contributed by atoms with van der Waals surface area (Å²) < 4.78 is 0. The lowest BCUT2D eigenvalue weighted by molar-refractivity contribution is 0.660. The summed E-state index contributed by atoms with van der Waals surface area (Å²) in [6, 6.07) is 75.8. The van der Waals surface area contributed by atoms with E-state index >= 15 is 0 Å². The molecule has 0 unspecified atom stereocenters. The Kier molecular flexibility index (Phi) is 8.46. The summed E-state index contributed by atoms with van der Waals surface area (Å²) in [6.45, 7) is 6.95. The molecule has 0 aliphatic heterocycles. The van der Waals surface area contributed by atoms with Crippen molar-refractivity contribution in [2.45, 2.75) is 26.2 Å². The van der Waals surface area contributed by atoms with Crippen molar-refractivity contribution in [2.75, 3.05) is 4.90 Å². The van der Waals surface area contributed by atoms with Crippen LogP contribution in [0.4, 0.5) is 17.1 Å². The first-order valence-electron chi connectivity index (χ1n) is 19.9. The maximum absolute atomic E-state index is 2.48. The van der Waals surface area contributed by atoms with Crippen LogP contribution >= 0.6 is 0 Å². The molecule has 1 nitrogen and oxygen atoms in total. The lowest BCUT2D eigenvalue weighted by Gasteiger charge is -2.30. The van der Waals surface area contributed by atoms with Crippen LogP contribution in [0, 0.1) is 6.92 Å². The summed E-state index contributed by atoms with van der Waals surface area (Å²) in [5, 5.41) is 2.44. The maximum Gasteiger partial charge on any atom is 0.0546 e. The van der Waals surface area contributed by atoms with Crippen LogP contribution in [0.3, 0.4) is 0 Å². The molecule has 0 atom stereocenters. The van der Waals surface area contributed by atoms with Crippen molar-refractivity contribution in [1.29, 1.82) is 0 Å². The molecular formula is C56H43N. The van der Waals surface area contributed by atoms with Crippen LogP contribution in [0.5, 0.6) is 0 Å². The minimum absolute atomic E-state index is 0.130. The van der Waals surface area contributed by atoms with Gasteiger partial charge in [-0.15, -0.1) is 0 Å². The van der Waals surface area contributed by atoms with E-state index in [2.05, 4.69) is 232 Å². The third kappa shape index (κ3) is 5.95. The number of anilines is 3. The molecule has 1 heteroatoms. The molecule has 0 heterocycles. The first-order valence-corrected chi connectivity index (χ1v) is 19.9. The van der Waals surface area contributed by atoms with Crippen LogP contribution in [-0.2, 0) is 5.41 Å². The lowest BCUT2D eigenvalue weighted by Crippen LogP contribution is -2.17. The third-order valence-electron chi connectivity index (χ3n) is 12.0. The van der Waals surface area contributed by atoms with Gasteiger partial charge in [-0.1, -0.05) is 184 Å². The zero-order valence-corrected chi connectivity index (χ0v) is 32.6. The smallest absolute Gasteiger partial charge is 0.0546 e. The SMILES string of the molecule is Cc1ccccc1-c1cc2ccccc2cc1N(c1ccc(-c2c(-c3ccccc3)cccc2-c2ccccc2)cc1)c1ccc2c(c1)C(C)(C)c1ccccc1-2. The van der Waals surface area contributed by atoms with E-state index in [0.717, 1.165) is 17.1 Å². The molecule has 9 aromatic rings. The van der Waals surface area contributed by atoms with Crippen molar-refractivity contribution < 1.29 is 0 Å². The molecule has 0 N–H and O–H groups in total. The largest absolute Gasteiger partial charge is 0.310 e. The minimum atomic E-state index is -0.130. The standard InChI is InChI=1S/C56H43N/c1-38-17-10-13-24-46(38)51-35-42-22-11-12-23-43(42)36-54(51)57(45-33-34-50-49-25-14-15-28-52(49)56(2,3)53(50)37-45)44-31-29-41(30-32-44)55-47(39-18-6-4-7-19-39)26-16-27-48(55)40-20-8-5-9-21-40/h4-37H,1-3H3. The topological polar surface area (TPSA) is 3.24 Å². The van der Waals surface area contributed by atoms with Gasteiger partial charge < -0.3 is 4.90 Å². The molecular weight excluding hydrogens is 687 g/mol. The second-order valence-corrected chi connectivity index (χ2v) is 15.8. The number of nitrogens with zero attached hydrogens (tertiary/aromatic N) is 1. The van der Waals surface area contributed by atoms with Crippen molar-refractivity contribution in [3.05, 3.63) is 223 Å².